The molecular formula is C15H15N3O5S. The normalized spacial score (nSPS) is 11.1. The zero-order chi connectivity index (χ0) is 17.9. The van der Waals surface area contributed by atoms with Crippen LogP contribution in [0.2, 0.25) is 0 Å². The number of hydrogen-bond donors (Lipinski definition) is 3. The second kappa shape index (κ2) is 6.77. The number of aromatic carboxylic acids is 1. The van der Waals surface area contributed by atoms with E-state index in [2.05, 4.69) is 10.3 Å². The lowest BCUT2D eigenvalue weighted by Gasteiger charge is -2.10. The van der Waals surface area contributed by atoms with E-state index in [4.69, 9.17) is 10.2 Å². The third-order valence-electron chi connectivity index (χ3n) is 3.21. The first-order valence-corrected chi connectivity index (χ1v) is 8.44. The Morgan fingerprint density at radius 3 is 2.46 bits per heavy atom. The third-order valence-corrected chi connectivity index (χ3v) is 4.21. The maximum Gasteiger partial charge on any atom is 0.354 e. The van der Waals surface area contributed by atoms with E-state index >= 15 is 0 Å². The number of nitrogens with one attached hydrogen (secondary N) is 1. The Labute approximate surface area is 138 Å². The monoisotopic (exact) mass is 349 g/mol. The molecule has 126 valence electrons. The molecule has 1 aromatic carbocycles. The van der Waals surface area contributed by atoms with Crippen molar-refractivity contribution in [3.8, 4) is 0 Å². The first-order chi connectivity index (χ1) is 11.2. The fourth-order valence-corrected chi connectivity index (χ4v) is 2.93. The summed E-state index contributed by atoms with van der Waals surface area (Å²) in [7, 11) is -3.93. The number of carbonyl (C=O) groups is 2. The van der Waals surface area contributed by atoms with Crippen LogP contribution in [0.15, 0.2) is 41.3 Å². The molecule has 1 amide bonds. The Morgan fingerprint density at radius 1 is 1.21 bits per heavy atom. The number of carboxylic acid groups (broad SMARTS) is 1. The van der Waals surface area contributed by atoms with E-state index in [9.17, 15) is 18.0 Å². The molecule has 0 fully saturated rings. The van der Waals surface area contributed by atoms with Crippen LogP contribution < -0.4 is 10.5 Å². The lowest BCUT2D eigenvalue weighted by atomic mass is 10.1. The van der Waals surface area contributed by atoms with Crippen molar-refractivity contribution in [2.24, 2.45) is 5.14 Å². The van der Waals surface area contributed by atoms with E-state index < -0.39 is 21.9 Å². The van der Waals surface area contributed by atoms with Crippen LogP contribution in [-0.4, -0.2) is 30.4 Å². The van der Waals surface area contributed by atoms with Crippen LogP contribution in [0.1, 0.15) is 33.5 Å². The van der Waals surface area contributed by atoms with Gasteiger partial charge in [0.25, 0.3) is 5.91 Å². The summed E-state index contributed by atoms with van der Waals surface area (Å²) in [6.45, 7) is 1.78. The van der Waals surface area contributed by atoms with Gasteiger partial charge in [-0.1, -0.05) is 19.1 Å². The number of nitrogens with zero attached hydrogens (tertiary/aromatic N) is 1. The summed E-state index contributed by atoms with van der Waals surface area (Å²) in [4.78, 5) is 26.7. The van der Waals surface area contributed by atoms with Gasteiger partial charge in [-0.05, 0) is 36.2 Å². The summed E-state index contributed by atoms with van der Waals surface area (Å²) >= 11 is 0. The van der Waals surface area contributed by atoms with Crippen molar-refractivity contribution in [2.75, 3.05) is 5.32 Å². The van der Waals surface area contributed by atoms with Crippen molar-refractivity contribution >= 4 is 27.6 Å². The van der Waals surface area contributed by atoms with Gasteiger partial charge in [0.15, 0.2) is 0 Å². The van der Waals surface area contributed by atoms with E-state index in [1.54, 1.807) is 13.0 Å². The quantitative estimate of drug-likeness (QED) is 0.742. The van der Waals surface area contributed by atoms with Crippen molar-refractivity contribution < 1.29 is 23.1 Å². The van der Waals surface area contributed by atoms with Gasteiger partial charge in [-0.15, -0.1) is 0 Å². The number of primary sulfonamides is 1. The maximum absolute atomic E-state index is 12.2. The molecule has 0 saturated carbocycles. The van der Waals surface area contributed by atoms with E-state index in [0.717, 1.165) is 0 Å². The van der Waals surface area contributed by atoms with E-state index in [0.29, 0.717) is 12.0 Å². The molecule has 2 rings (SSSR count). The molecule has 0 unspecified atom stereocenters. The third kappa shape index (κ3) is 3.94. The van der Waals surface area contributed by atoms with Gasteiger partial charge in [-0.3, -0.25) is 4.79 Å². The summed E-state index contributed by atoms with van der Waals surface area (Å²) in [5.41, 5.74) is 0.367. The molecule has 0 aliphatic heterocycles. The second-order valence-corrected chi connectivity index (χ2v) is 6.42. The number of sulfonamides is 1. The molecule has 0 aliphatic carbocycles. The number of nitrogens with two attached hydrogens (primary N) is 1. The van der Waals surface area contributed by atoms with Crippen LogP contribution in [0.25, 0.3) is 0 Å². The van der Waals surface area contributed by atoms with Gasteiger partial charge in [0.1, 0.15) is 11.4 Å². The first kappa shape index (κ1) is 17.6. The largest absolute Gasteiger partial charge is 0.477 e. The zero-order valence-electron chi connectivity index (χ0n) is 12.7. The maximum atomic E-state index is 12.2. The Bertz CT molecular complexity index is 909. The van der Waals surface area contributed by atoms with Gasteiger partial charge < -0.3 is 10.4 Å². The number of anilines is 1. The SMILES string of the molecule is CCc1ccc(NC(=O)c2cccc(C(=O)O)n2)cc1S(N)(=O)=O. The Hall–Kier alpha value is -2.78. The predicted molar refractivity (Wildman–Crippen MR) is 86.3 cm³/mol. The summed E-state index contributed by atoms with van der Waals surface area (Å²) in [6, 6.07) is 8.34. The van der Waals surface area contributed by atoms with E-state index in [1.165, 1.54) is 30.3 Å². The number of carboxylic acids is 1. The Morgan fingerprint density at radius 2 is 1.88 bits per heavy atom. The topological polar surface area (TPSA) is 139 Å². The fourth-order valence-electron chi connectivity index (χ4n) is 2.06. The Balaban J connectivity index is 2.33. The lowest BCUT2D eigenvalue weighted by Crippen LogP contribution is -2.18. The minimum absolute atomic E-state index is 0.0740. The number of benzene rings is 1. The molecule has 9 heteroatoms. The number of amides is 1. The van der Waals surface area contributed by atoms with Crippen LogP contribution in [0.3, 0.4) is 0 Å². The average Bonchev–Trinajstić information content (AvgIpc) is 2.54. The van der Waals surface area contributed by atoms with Gasteiger partial charge in [0.05, 0.1) is 4.90 Å². The number of hydrogen-bond acceptors (Lipinski definition) is 5. The highest BCUT2D eigenvalue weighted by Gasteiger charge is 2.16. The van der Waals surface area contributed by atoms with Gasteiger partial charge >= 0.3 is 5.97 Å². The highest BCUT2D eigenvalue weighted by atomic mass is 32.2. The molecule has 2 aromatic rings. The first-order valence-electron chi connectivity index (χ1n) is 6.89. The number of carbonyl (C=O) groups excluding carboxylic acids is 1. The molecule has 0 spiro atoms. The highest BCUT2D eigenvalue weighted by Crippen LogP contribution is 2.20. The molecular weight excluding hydrogens is 334 g/mol. The molecule has 24 heavy (non-hydrogen) atoms. The molecule has 4 N–H and O–H groups in total. The molecule has 8 nitrogen and oxygen atoms in total. The van der Waals surface area contributed by atoms with Gasteiger partial charge in [-0.25, -0.2) is 23.3 Å². The highest BCUT2D eigenvalue weighted by molar-refractivity contribution is 7.89. The molecule has 0 atom stereocenters. The molecule has 0 aliphatic rings. The van der Waals surface area contributed by atoms with Crippen LogP contribution in [0, 0.1) is 0 Å². The van der Waals surface area contributed by atoms with E-state index in [1.807, 2.05) is 0 Å². The van der Waals surface area contributed by atoms with Crippen LogP contribution in [0.5, 0.6) is 0 Å². The van der Waals surface area contributed by atoms with Gasteiger partial charge in [0.2, 0.25) is 10.0 Å². The Kier molecular flexibility index (Phi) is 4.96. The smallest absolute Gasteiger partial charge is 0.354 e. The molecule has 0 radical (unpaired) electrons. The predicted octanol–water partition coefficient (Wildman–Crippen LogP) is 1.24. The van der Waals surface area contributed by atoms with Crippen molar-refractivity contribution in [2.45, 2.75) is 18.2 Å². The number of aromatic nitrogens is 1. The van der Waals surface area contributed by atoms with Crippen molar-refractivity contribution in [1.29, 1.82) is 0 Å². The summed E-state index contributed by atoms with van der Waals surface area (Å²) in [5.74, 6) is -1.92. The molecule has 0 bridgehead atoms. The van der Waals surface area contributed by atoms with Crippen molar-refractivity contribution in [1.82, 2.24) is 4.98 Å². The standard InChI is InChI=1S/C15H15N3O5S/c1-2-9-6-7-10(8-13(9)24(16,22)23)17-14(19)11-4-3-5-12(18-11)15(20)21/h3-8H,2H2,1H3,(H,17,19)(H,20,21)(H2,16,22,23). The van der Waals surface area contributed by atoms with Crippen LogP contribution in [0.4, 0.5) is 5.69 Å². The van der Waals surface area contributed by atoms with Crippen molar-refractivity contribution in [3.63, 3.8) is 0 Å². The fraction of sp³-hybridized carbons (Fsp3) is 0.133. The summed E-state index contributed by atoms with van der Waals surface area (Å²) in [5, 5.41) is 16.5. The minimum atomic E-state index is -3.93. The second-order valence-electron chi connectivity index (χ2n) is 4.89. The summed E-state index contributed by atoms with van der Waals surface area (Å²) in [6.07, 6.45) is 0.461. The lowest BCUT2D eigenvalue weighted by molar-refractivity contribution is 0.0690. The van der Waals surface area contributed by atoms with E-state index in [-0.39, 0.29) is 22.0 Å². The van der Waals surface area contributed by atoms with Crippen LogP contribution in [-0.2, 0) is 16.4 Å². The molecule has 1 heterocycles. The summed E-state index contributed by atoms with van der Waals surface area (Å²) < 4.78 is 23.3. The van der Waals surface area contributed by atoms with Gasteiger partial charge in [-0.2, -0.15) is 0 Å². The zero-order valence-corrected chi connectivity index (χ0v) is 13.5. The molecule has 0 saturated heterocycles. The number of rotatable bonds is 5. The molecule has 1 aromatic heterocycles. The average molecular weight is 349 g/mol. The minimum Gasteiger partial charge on any atom is -0.477 e. The van der Waals surface area contributed by atoms with Crippen molar-refractivity contribution in [3.05, 3.63) is 53.3 Å². The van der Waals surface area contributed by atoms with Crippen LogP contribution >= 0.6 is 0 Å². The number of pyridine rings is 1. The van der Waals surface area contributed by atoms with Gasteiger partial charge in [0, 0.05) is 5.69 Å². The number of aryl methyl sites for hydroxylation is 1.